The van der Waals surface area contributed by atoms with Crippen molar-refractivity contribution in [3.8, 4) is 11.9 Å². The minimum absolute atomic E-state index is 0.0431. The third-order valence-corrected chi connectivity index (χ3v) is 3.97. The van der Waals surface area contributed by atoms with Gasteiger partial charge in [-0.1, -0.05) is 25.1 Å². The van der Waals surface area contributed by atoms with Gasteiger partial charge in [-0.25, -0.2) is 9.97 Å². The number of aryl methyl sites for hydroxylation is 1. The predicted molar refractivity (Wildman–Crippen MR) is 96.9 cm³/mol. The van der Waals surface area contributed by atoms with Gasteiger partial charge in [0.25, 0.3) is 5.88 Å². The zero-order chi connectivity index (χ0) is 17.8. The van der Waals surface area contributed by atoms with Crippen LogP contribution >= 0.6 is 0 Å². The van der Waals surface area contributed by atoms with Crippen molar-refractivity contribution in [1.82, 2.24) is 15.0 Å². The smallest absolute Gasteiger partial charge is 0.253 e. The van der Waals surface area contributed by atoms with Crippen LogP contribution in [0.4, 0.5) is 11.6 Å². The van der Waals surface area contributed by atoms with Crippen molar-refractivity contribution in [2.45, 2.75) is 33.3 Å². The minimum Gasteiger partial charge on any atom is -0.473 e. The summed E-state index contributed by atoms with van der Waals surface area (Å²) in [7, 11) is 0. The van der Waals surface area contributed by atoms with Crippen molar-refractivity contribution in [1.29, 1.82) is 5.26 Å². The Morgan fingerprint density at radius 2 is 2.08 bits per heavy atom. The summed E-state index contributed by atoms with van der Waals surface area (Å²) < 4.78 is 5.69. The Hall–Kier alpha value is -3.20. The fourth-order valence-corrected chi connectivity index (χ4v) is 2.39. The highest BCUT2D eigenvalue weighted by Crippen LogP contribution is 2.23. The third kappa shape index (κ3) is 3.66. The summed E-state index contributed by atoms with van der Waals surface area (Å²) >= 11 is 0. The monoisotopic (exact) mass is 333 g/mol. The fourth-order valence-electron chi connectivity index (χ4n) is 2.39. The van der Waals surface area contributed by atoms with Crippen LogP contribution in [0.1, 0.15) is 31.5 Å². The molecule has 25 heavy (non-hydrogen) atoms. The maximum atomic E-state index is 9.16. The molecule has 3 rings (SSSR count). The molecule has 0 saturated carbocycles. The van der Waals surface area contributed by atoms with Gasteiger partial charge in [0.15, 0.2) is 5.82 Å². The van der Waals surface area contributed by atoms with Crippen LogP contribution in [0.2, 0.25) is 0 Å². The second-order valence-electron chi connectivity index (χ2n) is 5.85. The number of benzene rings is 1. The van der Waals surface area contributed by atoms with Gasteiger partial charge in [-0.05, 0) is 37.3 Å². The maximum Gasteiger partial charge on any atom is 0.253 e. The Labute approximate surface area is 146 Å². The lowest BCUT2D eigenvalue weighted by atomic mass is 10.1. The lowest BCUT2D eigenvalue weighted by Crippen LogP contribution is -2.13. The summed E-state index contributed by atoms with van der Waals surface area (Å²) in [5.74, 6) is 1.38. The summed E-state index contributed by atoms with van der Waals surface area (Å²) in [5.41, 5.74) is 1.35. The average molecular weight is 333 g/mol. The predicted octanol–water partition coefficient (Wildman–Crippen LogP) is 4.13. The van der Waals surface area contributed by atoms with Crippen molar-refractivity contribution >= 4 is 22.4 Å². The molecule has 1 N–H and O–H groups in total. The van der Waals surface area contributed by atoms with Crippen LogP contribution in [-0.4, -0.2) is 21.1 Å². The Balaban J connectivity index is 1.90. The minimum atomic E-state index is -0.0431. The van der Waals surface area contributed by atoms with Gasteiger partial charge in [-0.15, -0.1) is 0 Å². The molecule has 2 aromatic heterocycles. The molecule has 0 amide bonds. The van der Waals surface area contributed by atoms with Gasteiger partial charge >= 0.3 is 0 Å². The summed E-state index contributed by atoms with van der Waals surface area (Å²) in [5, 5.41) is 14.5. The number of hydrogen-bond donors (Lipinski definition) is 1. The molecule has 3 aromatic rings. The molecule has 0 saturated heterocycles. The molecule has 1 unspecified atom stereocenters. The number of aromatic nitrogens is 3. The van der Waals surface area contributed by atoms with E-state index < -0.39 is 0 Å². The Kier molecular flexibility index (Phi) is 4.75. The molecule has 1 atom stereocenters. The van der Waals surface area contributed by atoms with Crippen molar-refractivity contribution in [3.05, 3.63) is 47.9 Å². The van der Waals surface area contributed by atoms with Crippen LogP contribution < -0.4 is 10.1 Å². The number of ether oxygens (including phenoxy) is 1. The number of nitriles is 1. The first-order valence-electron chi connectivity index (χ1n) is 8.17. The molecule has 0 aliphatic rings. The van der Waals surface area contributed by atoms with Gasteiger partial charge in [0.05, 0.1) is 12.3 Å². The van der Waals surface area contributed by atoms with Crippen LogP contribution in [-0.2, 0) is 0 Å². The highest BCUT2D eigenvalue weighted by molar-refractivity contribution is 5.87. The van der Waals surface area contributed by atoms with Gasteiger partial charge in [0, 0.05) is 11.6 Å². The number of hydrogen-bond acceptors (Lipinski definition) is 6. The van der Waals surface area contributed by atoms with E-state index in [-0.39, 0.29) is 17.7 Å². The second-order valence-corrected chi connectivity index (χ2v) is 5.85. The lowest BCUT2D eigenvalue weighted by Gasteiger charge is -2.13. The van der Waals surface area contributed by atoms with Crippen molar-refractivity contribution in [2.24, 2.45) is 0 Å². The summed E-state index contributed by atoms with van der Waals surface area (Å²) in [6.45, 7) is 5.99. The van der Waals surface area contributed by atoms with E-state index in [9.17, 15) is 0 Å². The molecule has 0 aliphatic heterocycles. The molecule has 0 spiro atoms. The average Bonchev–Trinajstić information content (AvgIpc) is 2.62. The fraction of sp³-hybridized carbons (Fsp3) is 0.263. The highest BCUT2D eigenvalue weighted by Gasteiger charge is 2.12. The van der Waals surface area contributed by atoms with E-state index in [1.807, 2.05) is 44.3 Å². The molecular formula is C19H19N5O. The highest BCUT2D eigenvalue weighted by atomic mass is 16.5. The van der Waals surface area contributed by atoms with Crippen LogP contribution in [0, 0.1) is 18.3 Å². The van der Waals surface area contributed by atoms with Crippen LogP contribution in [0.15, 0.2) is 36.7 Å². The molecule has 0 radical (unpaired) electrons. The van der Waals surface area contributed by atoms with Crippen LogP contribution in [0.25, 0.3) is 10.8 Å². The third-order valence-electron chi connectivity index (χ3n) is 3.97. The quantitative estimate of drug-likeness (QED) is 0.756. The first-order chi connectivity index (χ1) is 12.1. The number of fused-ring (bicyclic) bond motifs is 1. The first-order valence-corrected chi connectivity index (χ1v) is 8.17. The molecule has 1 aromatic carbocycles. The molecule has 6 nitrogen and oxygen atoms in total. The number of rotatable bonds is 5. The number of pyridine rings is 1. The van der Waals surface area contributed by atoms with E-state index in [2.05, 4.69) is 33.3 Å². The lowest BCUT2D eigenvalue weighted by molar-refractivity contribution is 0.207. The van der Waals surface area contributed by atoms with E-state index in [1.54, 1.807) is 0 Å². The summed E-state index contributed by atoms with van der Waals surface area (Å²) in [6, 6.07) is 10.1. The number of nitrogens with zero attached hydrogens (tertiary/aromatic N) is 4. The van der Waals surface area contributed by atoms with E-state index in [0.717, 1.165) is 17.2 Å². The molecule has 0 bridgehead atoms. The van der Waals surface area contributed by atoms with Crippen molar-refractivity contribution < 1.29 is 4.74 Å². The van der Waals surface area contributed by atoms with Crippen molar-refractivity contribution in [2.75, 3.05) is 5.32 Å². The van der Waals surface area contributed by atoms with Gasteiger partial charge in [0.2, 0.25) is 5.69 Å². The van der Waals surface area contributed by atoms with Crippen LogP contribution in [0.5, 0.6) is 5.88 Å². The standard InChI is InChI=1S/C19H19N5O/c1-4-13(3)25-19-16(9-20)21-11-18(24-19)23-17-8-14-7-5-6-12(2)15(14)10-22-17/h5-8,10-11,13H,4H2,1-3H3,(H,22,23,24). The molecular weight excluding hydrogens is 314 g/mol. The van der Waals surface area contributed by atoms with Gasteiger partial charge in [-0.3, -0.25) is 0 Å². The Bertz CT molecular complexity index is 948. The second kappa shape index (κ2) is 7.14. The summed E-state index contributed by atoms with van der Waals surface area (Å²) in [4.78, 5) is 12.9. The van der Waals surface area contributed by atoms with E-state index >= 15 is 0 Å². The van der Waals surface area contributed by atoms with Gasteiger partial charge < -0.3 is 10.1 Å². The van der Waals surface area contributed by atoms with Crippen molar-refractivity contribution in [3.63, 3.8) is 0 Å². The maximum absolute atomic E-state index is 9.16. The Morgan fingerprint density at radius 3 is 2.84 bits per heavy atom. The van der Waals surface area contributed by atoms with E-state index in [4.69, 9.17) is 10.00 Å². The van der Waals surface area contributed by atoms with Gasteiger partial charge in [0.1, 0.15) is 11.9 Å². The number of nitrogens with one attached hydrogen (secondary N) is 1. The SMILES string of the molecule is CCC(C)Oc1nc(Nc2cc3cccc(C)c3cn2)cnc1C#N. The summed E-state index contributed by atoms with van der Waals surface area (Å²) in [6.07, 6.45) is 4.11. The van der Waals surface area contributed by atoms with Gasteiger partial charge in [-0.2, -0.15) is 10.2 Å². The van der Waals surface area contributed by atoms with E-state index in [0.29, 0.717) is 11.6 Å². The van der Waals surface area contributed by atoms with E-state index in [1.165, 1.54) is 11.8 Å². The zero-order valence-electron chi connectivity index (χ0n) is 14.4. The topological polar surface area (TPSA) is 83.7 Å². The molecule has 0 fully saturated rings. The number of anilines is 2. The normalized spacial score (nSPS) is 11.8. The van der Waals surface area contributed by atoms with Crippen LogP contribution in [0.3, 0.4) is 0 Å². The molecule has 6 heteroatoms. The zero-order valence-corrected chi connectivity index (χ0v) is 14.4. The Morgan fingerprint density at radius 1 is 1.24 bits per heavy atom. The first kappa shape index (κ1) is 16.7. The molecule has 2 heterocycles. The largest absolute Gasteiger partial charge is 0.473 e. The molecule has 126 valence electrons. The molecule has 0 aliphatic carbocycles.